The van der Waals surface area contributed by atoms with Crippen molar-refractivity contribution in [3.05, 3.63) is 29.5 Å². The van der Waals surface area contributed by atoms with E-state index in [0.29, 0.717) is 25.0 Å². The van der Waals surface area contributed by atoms with E-state index in [-0.39, 0.29) is 6.61 Å². The molecule has 2 aromatic rings. The molecule has 0 aliphatic carbocycles. The van der Waals surface area contributed by atoms with E-state index in [1.165, 1.54) is 0 Å². The predicted octanol–water partition coefficient (Wildman–Crippen LogP) is 2.61. The van der Waals surface area contributed by atoms with Crippen LogP contribution in [-0.4, -0.2) is 34.2 Å². The normalized spacial score (nSPS) is 11.6. The highest BCUT2D eigenvalue weighted by Crippen LogP contribution is 2.24. The fraction of sp³-hybridized carbons (Fsp3) is 0.462. The van der Waals surface area contributed by atoms with Gasteiger partial charge in [0.05, 0.1) is 17.2 Å². The lowest BCUT2D eigenvalue weighted by molar-refractivity contribution is 0.158. The van der Waals surface area contributed by atoms with Crippen molar-refractivity contribution >= 4 is 11.3 Å². The van der Waals surface area contributed by atoms with Crippen molar-refractivity contribution in [3.63, 3.8) is 0 Å². The number of rotatable bonds is 6. The van der Waals surface area contributed by atoms with Crippen LogP contribution in [0, 0.1) is 0 Å². The fourth-order valence-corrected chi connectivity index (χ4v) is 2.40. The maximum absolute atomic E-state index is 9.04. The van der Waals surface area contributed by atoms with Gasteiger partial charge in [0.2, 0.25) is 5.89 Å². The Balaban J connectivity index is 2.06. The second-order valence-electron chi connectivity index (χ2n) is 4.41. The highest BCUT2D eigenvalue weighted by atomic mass is 32.1. The van der Waals surface area contributed by atoms with Gasteiger partial charge in [0, 0.05) is 19.1 Å². The first-order valence-corrected chi connectivity index (χ1v) is 6.92. The zero-order chi connectivity index (χ0) is 13.0. The topological polar surface area (TPSA) is 49.5 Å². The number of oxazole rings is 1. The van der Waals surface area contributed by atoms with Gasteiger partial charge in [0.1, 0.15) is 6.26 Å². The van der Waals surface area contributed by atoms with Crippen molar-refractivity contribution in [2.24, 2.45) is 0 Å². The molecule has 2 aromatic heterocycles. The Morgan fingerprint density at radius 2 is 2.33 bits per heavy atom. The number of hydrogen-bond donors (Lipinski definition) is 1. The molecule has 0 spiro atoms. The van der Waals surface area contributed by atoms with E-state index in [0.717, 1.165) is 10.6 Å². The molecule has 0 radical (unpaired) electrons. The summed E-state index contributed by atoms with van der Waals surface area (Å²) in [5, 5.41) is 11.0. The zero-order valence-electron chi connectivity index (χ0n) is 10.7. The lowest BCUT2D eigenvalue weighted by Crippen LogP contribution is -2.33. The molecule has 1 N–H and O–H groups in total. The van der Waals surface area contributed by atoms with Gasteiger partial charge in [0.25, 0.3) is 0 Å². The Kier molecular flexibility index (Phi) is 4.52. The molecule has 0 amide bonds. The summed E-state index contributed by atoms with van der Waals surface area (Å²) in [6.45, 7) is 5.73. The van der Waals surface area contributed by atoms with Crippen LogP contribution in [0.2, 0.25) is 0 Å². The second-order valence-corrected chi connectivity index (χ2v) is 5.36. The molecule has 0 aliphatic rings. The molecular weight excluding hydrogens is 248 g/mol. The lowest BCUT2D eigenvalue weighted by Gasteiger charge is -2.24. The maximum atomic E-state index is 9.04. The first-order chi connectivity index (χ1) is 8.70. The van der Waals surface area contributed by atoms with Gasteiger partial charge in [-0.2, -0.15) is 0 Å². The number of aliphatic hydroxyl groups is 1. The minimum atomic E-state index is 0.161. The van der Waals surface area contributed by atoms with Gasteiger partial charge in [-0.25, -0.2) is 4.98 Å². The molecule has 0 aromatic carbocycles. The van der Waals surface area contributed by atoms with Gasteiger partial charge < -0.3 is 9.52 Å². The molecule has 0 unspecified atom stereocenters. The van der Waals surface area contributed by atoms with E-state index >= 15 is 0 Å². The quantitative estimate of drug-likeness (QED) is 0.873. The largest absolute Gasteiger partial charge is 0.444 e. The molecule has 0 bridgehead atoms. The van der Waals surface area contributed by atoms with Crippen LogP contribution in [0.5, 0.6) is 0 Å². The van der Waals surface area contributed by atoms with Crippen molar-refractivity contribution in [2.75, 3.05) is 13.2 Å². The van der Waals surface area contributed by atoms with Gasteiger partial charge in [-0.1, -0.05) is 6.07 Å². The number of hydrogen-bond acceptors (Lipinski definition) is 5. The summed E-state index contributed by atoms with van der Waals surface area (Å²) in [4.78, 5) is 7.68. The highest BCUT2D eigenvalue weighted by molar-refractivity contribution is 7.13. The Morgan fingerprint density at radius 3 is 2.94 bits per heavy atom. The first kappa shape index (κ1) is 13.3. The Bertz CT molecular complexity index is 465. The van der Waals surface area contributed by atoms with Gasteiger partial charge >= 0.3 is 0 Å². The van der Waals surface area contributed by atoms with E-state index in [9.17, 15) is 0 Å². The average Bonchev–Trinajstić information content (AvgIpc) is 2.98. The number of thiophene rings is 1. The Morgan fingerprint density at radius 1 is 1.50 bits per heavy atom. The first-order valence-electron chi connectivity index (χ1n) is 6.04. The van der Waals surface area contributed by atoms with Crippen LogP contribution in [0.4, 0.5) is 0 Å². The Hall–Kier alpha value is -1.17. The van der Waals surface area contributed by atoms with Gasteiger partial charge in [-0.05, 0) is 25.3 Å². The summed E-state index contributed by atoms with van der Waals surface area (Å²) in [6, 6.07) is 4.35. The Labute approximate surface area is 111 Å². The van der Waals surface area contributed by atoms with Crippen LogP contribution in [0.1, 0.15) is 19.5 Å². The molecule has 0 fully saturated rings. The molecule has 5 heteroatoms. The van der Waals surface area contributed by atoms with Crippen molar-refractivity contribution in [2.45, 2.75) is 26.4 Å². The van der Waals surface area contributed by atoms with Crippen molar-refractivity contribution < 1.29 is 9.52 Å². The van der Waals surface area contributed by atoms with Crippen molar-refractivity contribution in [1.29, 1.82) is 0 Å². The molecule has 98 valence electrons. The molecule has 2 heterocycles. The van der Waals surface area contributed by atoms with Crippen LogP contribution in [0.15, 0.2) is 28.2 Å². The third-order valence-electron chi connectivity index (χ3n) is 2.77. The minimum absolute atomic E-state index is 0.161. The van der Waals surface area contributed by atoms with E-state index in [1.807, 2.05) is 17.5 Å². The summed E-state index contributed by atoms with van der Waals surface area (Å²) in [6.07, 6.45) is 1.70. The van der Waals surface area contributed by atoms with E-state index in [2.05, 4.69) is 23.7 Å². The summed E-state index contributed by atoms with van der Waals surface area (Å²) in [5.41, 5.74) is 0.903. The van der Waals surface area contributed by atoms with Crippen LogP contribution < -0.4 is 0 Å². The van der Waals surface area contributed by atoms with Crippen LogP contribution >= 0.6 is 11.3 Å². The van der Waals surface area contributed by atoms with E-state index in [1.54, 1.807) is 17.6 Å². The number of nitrogens with zero attached hydrogens (tertiary/aromatic N) is 2. The molecular formula is C13H18N2O2S. The standard InChI is InChI=1S/C13H18N2O2S/c1-10(2)15(5-6-16)8-11-9-17-13(14-11)12-4-3-7-18-12/h3-4,7,9-10,16H,5-6,8H2,1-2H3. The van der Waals surface area contributed by atoms with Crippen molar-refractivity contribution in [3.8, 4) is 10.8 Å². The van der Waals surface area contributed by atoms with Crippen LogP contribution in [0.3, 0.4) is 0 Å². The molecule has 0 saturated heterocycles. The highest BCUT2D eigenvalue weighted by Gasteiger charge is 2.13. The van der Waals surface area contributed by atoms with Crippen molar-refractivity contribution in [1.82, 2.24) is 9.88 Å². The van der Waals surface area contributed by atoms with E-state index < -0.39 is 0 Å². The summed E-state index contributed by atoms with van der Waals surface area (Å²) in [7, 11) is 0. The zero-order valence-corrected chi connectivity index (χ0v) is 11.5. The minimum Gasteiger partial charge on any atom is -0.444 e. The number of aromatic nitrogens is 1. The fourth-order valence-electron chi connectivity index (χ4n) is 1.75. The van der Waals surface area contributed by atoms with Crippen LogP contribution in [0.25, 0.3) is 10.8 Å². The molecule has 0 aliphatic heterocycles. The molecule has 18 heavy (non-hydrogen) atoms. The van der Waals surface area contributed by atoms with Gasteiger partial charge in [-0.3, -0.25) is 4.90 Å². The van der Waals surface area contributed by atoms with Crippen LogP contribution in [-0.2, 0) is 6.54 Å². The lowest BCUT2D eigenvalue weighted by atomic mass is 10.3. The summed E-state index contributed by atoms with van der Waals surface area (Å²) in [5.74, 6) is 0.674. The smallest absolute Gasteiger partial charge is 0.236 e. The van der Waals surface area contributed by atoms with Gasteiger partial charge in [0.15, 0.2) is 0 Å². The third kappa shape index (κ3) is 3.19. The molecule has 2 rings (SSSR count). The summed E-state index contributed by atoms with van der Waals surface area (Å²) < 4.78 is 5.48. The second kappa shape index (κ2) is 6.13. The van der Waals surface area contributed by atoms with Gasteiger partial charge in [-0.15, -0.1) is 11.3 Å². The third-order valence-corrected chi connectivity index (χ3v) is 3.62. The molecule has 4 nitrogen and oxygen atoms in total. The SMILES string of the molecule is CC(C)N(CCO)Cc1coc(-c2cccs2)n1. The maximum Gasteiger partial charge on any atom is 0.236 e. The summed E-state index contributed by atoms with van der Waals surface area (Å²) >= 11 is 1.61. The molecule has 0 atom stereocenters. The van der Waals surface area contributed by atoms with E-state index in [4.69, 9.17) is 9.52 Å². The number of aliphatic hydroxyl groups excluding tert-OH is 1. The average molecular weight is 266 g/mol. The monoisotopic (exact) mass is 266 g/mol. The predicted molar refractivity (Wildman–Crippen MR) is 72.4 cm³/mol. The molecule has 0 saturated carbocycles.